The highest BCUT2D eigenvalue weighted by Gasteiger charge is 2.49. The quantitative estimate of drug-likeness (QED) is 0.525. The Morgan fingerprint density at radius 1 is 1.67 bits per heavy atom. The summed E-state index contributed by atoms with van der Waals surface area (Å²) in [6.45, 7) is 2.37. The fraction of sp³-hybridized carbons (Fsp3) is 0.667. The van der Waals surface area contributed by atoms with Gasteiger partial charge in [-0.1, -0.05) is 0 Å². The molecule has 0 radical (unpaired) electrons. The monoisotopic (exact) mass is 258 g/mol. The Kier molecular flexibility index (Phi) is 3.36. The zero-order chi connectivity index (χ0) is 11.9. The van der Waals surface area contributed by atoms with E-state index in [2.05, 4.69) is 12.2 Å². The summed E-state index contributed by atoms with van der Waals surface area (Å²) in [5, 5.41) is 0. The highest BCUT2D eigenvalue weighted by atomic mass is 35.5. The molecule has 0 saturated heterocycles. The first-order chi connectivity index (χ1) is 6.66. The summed E-state index contributed by atoms with van der Waals surface area (Å²) in [5.41, 5.74) is -3.66. The molecule has 1 nitrogen and oxygen atoms in total. The van der Waals surface area contributed by atoms with E-state index in [1.807, 2.05) is 0 Å². The Bertz CT molecular complexity index is 318. The molecule has 0 aromatic rings. The Balaban J connectivity index is 3.00. The van der Waals surface area contributed by atoms with Crippen molar-refractivity contribution in [3.63, 3.8) is 0 Å². The molecule has 0 N–H and O–H groups in total. The molecule has 1 aliphatic rings. The maximum Gasteiger partial charge on any atom is 0.256 e. The molecule has 0 heterocycles. The molecule has 1 aliphatic carbocycles. The van der Waals surface area contributed by atoms with Gasteiger partial charge in [-0.25, -0.2) is 13.2 Å². The lowest BCUT2D eigenvalue weighted by Gasteiger charge is -2.37. The average molecular weight is 259 g/mol. The zero-order valence-corrected chi connectivity index (χ0v) is 9.76. The van der Waals surface area contributed by atoms with Crippen LogP contribution < -0.4 is 0 Å². The van der Waals surface area contributed by atoms with Gasteiger partial charge in [0, 0.05) is 6.42 Å². The average Bonchev–Trinajstić information content (AvgIpc) is 1.96. The van der Waals surface area contributed by atoms with Crippen molar-refractivity contribution in [1.29, 1.82) is 0 Å². The highest BCUT2D eigenvalue weighted by molar-refractivity contribution is 7.82. The van der Waals surface area contributed by atoms with Crippen LogP contribution in [0.25, 0.3) is 0 Å². The molecule has 0 fully saturated rings. The van der Waals surface area contributed by atoms with Crippen LogP contribution in [0.15, 0.2) is 11.9 Å². The third kappa shape index (κ3) is 2.84. The van der Waals surface area contributed by atoms with Gasteiger partial charge in [0.25, 0.3) is 4.51 Å². The molecular weight excluding hydrogens is 249 g/mol. The third-order valence-electron chi connectivity index (χ3n) is 2.22. The number of hydrogen-bond acceptors (Lipinski definition) is 2. The van der Waals surface area contributed by atoms with Crippen molar-refractivity contribution < 1.29 is 17.9 Å². The number of alkyl halides is 2. The predicted octanol–water partition coefficient (Wildman–Crippen LogP) is 3.61. The fourth-order valence-electron chi connectivity index (χ4n) is 1.73. The minimum Gasteiger partial charge on any atom is -0.464 e. The molecule has 0 aromatic carbocycles. The van der Waals surface area contributed by atoms with Gasteiger partial charge in [-0.05, 0) is 43.7 Å². The van der Waals surface area contributed by atoms with Crippen LogP contribution in [0.5, 0.6) is 0 Å². The molecule has 0 aromatic heterocycles. The van der Waals surface area contributed by atoms with Crippen molar-refractivity contribution in [1.82, 2.24) is 0 Å². The van der Waals surface area contributed by atoms with Crippen molar-refractivity contribution in [2.75, 3.05) is 0 Å². The standard InChI is InChI=1S/C9H10ClF3OS/c1-8(14-7(10)15)3-5(11)6(12)9(2,13)4-8/h3,6H,4H2,1-2H3/t6-,8-,9-/m0/s1. The zero-order valence-electron chi connectivity index (χ0n) is 8.19. The van der Waals surface area contributed by atoms with Crippen LogP contribution in [0.3, 0.4) is 0 Å². The molecule has 0 amide bonds. The van der Waals surface area contributed by atoms with Crippen molar-refractivity contribution in [2.45, 2.75) is 37.7 Å². The van der Waals surface area contributed by atoms with Gasteiger partial charge in [-0.2, -0.15) is 0 Å². The van der Waals surface area contributed by atoms with Crippen LogP contribution in [0.2, 0.25) is 0 Å². The van der Waals surface area contributed by atoms with Gasteiger partial charge >= 0.3 is 0 Å². The van der Waals surface area contributed by atoms with E-state index in [-0.39, 0.29) is 10.9 Å². The van der Waals surface area contributed by atoms with E-state index in [1.165, 1.54) is 6.92 Å². The molecule has 0 bridgehead atoms. The largest absolute Gasteiger partial charge is 0.464 e. The van der Waals surface area contributed by atoms with Gasteiger partial charge in [0.05, 0.1) is 0 Å². The van der Waals surface area contributed by atoms with Gasteiger partial charge < -0.3 is 4.74 Å². The first kappa shape index (κ1) is 12.8. The van der Waals surface area contributed by atoms with Gasteiger partial charge in [-0.15, -0.1) is 0 Å². The minimum absolute atomic E-state index is 0.346. The Morgan fingerprint density at radius 3 is 2.60 bits per heavy atom. The van der Waals surface area contributed by atoms with Crippen LogP contribution in [-0.2, 0) is 4.74 Å². The molecule has 0 unspecified atom stereocenters. The first-order valence-corrected chi connectivity index (χ1v) is 5.05. The number of ether oxygens (including phenoxy) is 1. The molecule has 1 rings (SSSR count). The van der Waals surface area contributed by atoms with E-state index in [1.54, 1.807) is 0 Å². The number of rotatable bonds is 1. The number of thiocarbonyl (C=S) groups is 1. The molecule has 86 valence electrons. The van der Waals surface area contributed by atoms with Gasteiger partial charge in [-0.3, -0.25) is 0 Å². The molecule has 0 spiro atoms. The smallest absolute Gasteiger partial charge is 0.256 e. The lowest BCUT2D eigenvalue weighted by Crippen LogP contribution is -2.46. The van der Waals surface area contributed by atoms with Crippen LogP contribution in [0.4, 0.5) is 13.2 Å². The Hall–Kier alpha value is -0.290. The van der Waals surface area contributed by atoms with Crippen molar-refractivity contribution in [2.24, 2.45) is 0 Å². The molecular formula is C9H10ClF3OS. The summed E-state index contributed by atoms with van der Waals surface area (Å²) < 4.78 is 44.4. The molecule has 0 aliphatic heterocycles. The number of hydrogen-bond donors (Lipinski definition) is 0. The second-order valence-corrected chi connectivity index (χ2v) is 4.94. The van der Waals surface area contributed by atoms with Crippen LogP contribution in [-0.4, -0.2) is 22.0 Å². The second-order valence-electron chi connectivity index (χ2n) is 4.00. The van der Waals surface area contributed by atoms with E-state index in [0.29, 0.717) is 0 Å². The van der Waals surface area contributed by atoms with Crippen molar-refractivity contribution in [3.8, 4) is 0 Å². The topological polar surface area (TPSA) is 9.23 Å². The van der Waals surface area contributed by atoms with Crippen molar-refractivity contribution >= 4 is 28.3 Å². The van der Waals surface area contributed by atoms with Gasteiger partial charge in [0.1, 0.15) is 17.1 Å². The Labute approximate surface area is 96.2 Å². The number of halogens is 4. The molecule has 0 saturated carbocycles. The molecule has 6 heteroatoms. The van der Waals surface area contributed by atoms with Gasteiger partial charge in [0.2, 0.25) is 0 Å². The van der Waals surface area contributed by atoms with Gasteiger partial charge in [0.15, 0.2) is 6.17 Å². The lowest BCUT2D eigenvalue weighted by atomic mass is 9.81. The molecule has 15 heavy (non-hydrogen) atoms. The highest BCUT2D eigenvalue weighted by Crippen LogP contribution is 2.41. The summed E-state index contributed by atoms with van der Waals surface area (Å²) >= 11 is 9.79. The van der Waals surface area contributed by atoms with E-state index in [9.17, 15) is 13.2 Å². The van der Waals surface area contributed by atoms with E-state index < -0.39 is 23.3 Å². The first-order valence-electron chi connectivity index (χ1n) is 4.26. The SMILES string of the molecule is C[C@]1(OC(=S)Cl)C=C(F)[C@H](F)[C@@](C)(F)C1. The van der Waals surface area contributed by atoms with Crippen LogP contribution in [0, 0.1) is 0 Å². The lowest BCUT2D eigenvalue weighted by molar-refractivity contribution is -0.0162. The van der Waals surface area contributed by atoms with Crippen LogP contribution >= 0.6 is 23.8 Å². The maximum absolute atomic E-state index is 13.6. The minimum atomic E-state index is -2.32. The van der Waals surface area contributed by atoms with E-state index >= 15 is 0 Å². The third-order valence-corrected chi connectivity index (χ3v) is 2.38. The molecule has 3 atom stereocenters. The summed E-state index contributed by atoms with van der Waals surface area (Å²) in [5.74, 6) is -1.19. The van der Waals surface area contributed by atoms with Crippen LogP contribution in [0.1, 0.15) is 20.3 Å². The summed E-state index contributed by atoms with van der Waals surface area (Å²) in [6.07, 6.45) is -1.74. The van der Waals surface area contributed by atoms with E-state index in [4.69, 9.17) is 16.3 Å². The summed E-state index contributed by atoms with van der Waals surface area (Å²) in [4.78, 5) is 0. The Morgan fingerprint density at radius 2 is 2.20 bits per heavy atom. The second kappa shape index (κ2) is 3.94. The number of allylic oxidation sites excluding steroid dienone is 1. The fourth-order valence-corrected chi connectivity index (χ4v) is 2.09. The predicted molar refractivity (Wildman–Crippen MR) is 56.2 cm³/mol. The van der Waals surface area contributed by atoms with E-state index in [0.717, 1.165) is 13.0 Å². The summed E-state index contributed by atoms with van der Waals surface area (Å²) in [7, 11) is 0. The van der Waals surface area contributed by atoms with Crippen molar-refractivity contribution in [3.05, 3.63) is 11.9 Å². The normalized spacial score (nSPS) is 40.9. The summed E-state index contributed by atoms with van der Waals surface area (Å²) in [6, 6.07) is 0. The maximum atomic E-state index is 13.6.